The molecular formula is C23H22N4O3. The van der Waals surface area contributed by atoms with Gasteiger partial charge in [0.15, 0.2) is 0 Å². The molecule has 0 saturated heterocycles. The first kappa shape index (κ1) is 19.6. The summed E-state index contributed by atoms with van der Waals surface area (Å²) in [6, 6.07) is 15.0. The number of hydrogen-bond acceptors (Lipinski definition) is 4. The van der Waals surface area contributed by atoms with Gasteiger partial charge in [0.05, 0.1) is 23.0 Å². The van der Waals surface area contributed by atoms with E-state index in [1.54, 1.807) is 29.1 Å². The van der Waals surface area contributed by atoms with Gasteiger partial charge in [-0.1, -0.05) is 29.8 Å². The fourth-order valence-corrected chi connectivity index (χ4v) is 3.47. The number of imide groups is 1. The second kappa shape index (κ2) is 8.32. The fraction of sp³-hybridized carbons (Fsp3) is 0.217. The van der Waals surface area contributed by atoms with Crippen molar-refractivity contribution in [2.24, 2.45) is 0 Å². The van der Waals surface area contributed by atoms with Crippen LogP contribution in [0.25, 0.3) is 5.69 Å². The van der Waals surface area contributed by atoms with E-state index in [0.717, 1.165) is 21.7 Å². The van der Waals surface area contributed by atoms with E-state index in [2.05, 4.69) is 10.4 Å². The largest absolute Gasteiger partial charge is 0.356 e. The maximum absolute atomic E-state index is 12.5. The molecule has 7 heteroatoms. The monoisotopic (exact) mass is 402 g/mol. The molecule has 0 fully saturated rings. The molecule has 1 aliphatic heterocycles. The van der Waals surface area contributed by atoms with E-state index < -0.39 is 0 Å². The molecule has 0 radical (unpaired) electrons. The highest BCUT2D eigenvalue weighted by Gasteiger charge is 2.35. The number of aryl methyl sites for hydroxylation is 1. The van der Waals surface area contributed by atoms with Gasteiger partial charge >= 0.3 is 0 Å². The van der Waals surface area contributed by atoms with Crippen molar-refractivity contribution in [2.75, 3.05) is 13.1 Å². The molecule has 2 heterocycles. The lowest BCUT2D eigenvalue weighted by atomic mass is 10.1. The van der Waals surface area contributed by atoms with Crippen LogP contribution in [0.15, 0.2) is 60.9 Å². The van der Waals surface area contributed by atoms with Crippen LogP contribution in [0.5, 0.6) is 0 Å². The Balaban J connectivity index is 1.25. The number of nitrogens with one attached hydrogen (secondary N) is 1. The molecule has 1 aliphatic rings. The molecule has 2 aromatic carbocycles. The van der Waals surface area contributed by atoms with E-state index in [4.69, 9.17) is 0 Å². The summed E-state index contributed by atoms with van der Waals surface area (Å²) < 4.78 is 1.79. The SMILES string of the molecule is Cc1ccc2c(c1)C(=O)N(CCC(=O)NCCc1cnn(-c3ccccc3)c1)C2=O. The highest BCUT2D eigenvalue weighted by Crippen LogP contribution is 2.23. The Morgan fingerprint density at radius 3 is 2.60 bits per heavy atom. The summed E-state index contributed by atoms with van der Waals surface area (Å²) in [6.45, 7) is 2.40. The second-order valence-electron chi connectivity index (χ2n) is 7.29. The Labute approximate surface area is 174 Å². The molecule has 0 atom stereocenters. The zero-order chi connectivity index (χ0) is 21.1. The number of fused-ring (bicyclic) bond motifs is 1. The molecule has 3 amide bonds. The molecule has 30 heavy (non-hydrogen) atoms. The van der Waals surface area contributed by atoms with Crippen LogP contribution in [0.1, 0.15) is 38.3 Å². The van der Waals surface area contributed by atoms with Crippen LogP contribution in [0.3, 0.4) is 0 Å². The van der Waals surface area contributed by atoms with E-state index in [-0.39, 0.29) is 30.7 Å². The molecule has 3 aromatic rings. The van der Waals surface area contributed by atoms with Crippen LogP contribution in [0.4, 0.5) is 0 Å². The van der Waals surface area contributed by atoms with Gasteiger partial charge in [-0.15, -0.1) is 0 Å². The van der Waals surface area contributed by atoms with Gasteiger partial charge in [-0.2, -0.15) is 5.10 Å². The third-order valence-corrected chi connectivity index (χ3v) is 5.08. The van der Waals surface area contributed by atoms with E-state index in [1.165, 1.54) is 0 Å². The summed E-state index contributed by atoms with van der Waals surface area (Å²) in [5.41, 5.74) is 3.72. The molecular weight excluding hydrogens is 380 g/mol. The molecule has 0 aliphatic carbocycles. The average molecular weight is 402 g/mol. The summed E-state index contributed by atoms with van der Waals surface area (Å²) in [6.07, 6.45) is 4.43. The molecule has 1 aromatic heterocycles. The number of carbonyl (C=O) groups excluding carboxylic acids is 3. The second-order valence-corrected chi connectivity index (χ2v) is 7.29. The normalized spacial score (nSPS) is 12.9. The Morgan fingerprint density at radius 2 is 1.80 bits per heavy atom. The maximum atomic E-state index is 12.5. The highest BCUT2D eigenvalue weighted by atomic mass is 16.2. The lowest BCUT2D eigenvalue weighted by Gasteiger charge is -2.13. The van der Waals surface area contributed by atoms with Crippen LogP contribution in [-0.2, 0) is 11.2 Å². The molecule has 0 unspecified atom stereocenters. The Kier molecular flexibility index (Phi) is 5.43. The number of benzene rings is 2. The van der Waals surface area contributed by atoms with Crippen molar-refractivity contribution in [3.63, 3.8) is 0 Å². The lowest BCUT2D eigenvalue weighted by Crippen LogP contribution is -2.35. The van der Waals surface area contributed by atoms with Gasteiger partial charge in [0.1, 0.15) is 0 Å². The molecule has 0 spiro atoms. The van der Waals surface area contributed by atoms with Crippen LogP contribution >= 0.6 is 0 Å². The fourth-order valence-electron chi connectivity index (χ4n) is 3.47. The van der Waals surface area contributed by atoms with Crippen molar-refractivity contribution in [1.82, 2.24) is 20.0 Å². The molecule has 1 N–H and O–H groups in total. The predicted molar refractivity (Wildman–Crippen MR) is 111 cm³/mol. The van der Waals surface area contributed by atoms with Gasteiger partial charge in [-0.3, -0.25) is 19.3 Å². The van der Waals surface area contributed by atoms with E-state index in [9.17, 15) is 14.4 Å². The smallest absolute Gasteiger partial charge is 0.261 e. The molecule has 7 nitrogen and oxygen atoms in total. The minimum Gasteiger partial charge on any atom is -0.356 e. The Hall–Kier alpha value is -3.74. The third kappa shape index (κ3) is 4.00. The predicted octanol–water partition coefficient (Wildman–Crippen LogP) is 2.53. The van der Waals surface area contributed by atoms with Crippen molar-refractivity contribution in [1.29, 1.82) is 0 Å². The average Bonchev–Trinajstić information content (AvgIpc) is 3.31. The number of rotatable bonds is 7. The van der Waals surface area contributed by atoms with Gasteiger partial charge in [0.2, 0.25) is 5.91 Å². The third-order valence-electron chi connectivity index (χ3n) is 5.08. The number of aromatic nitrogens is 2. The van der Waals surface area contributed by atoms with Gasteiger partial charge in [-0.05, 0) is 43.2 Å². The van der Waals surface area contributed by atoms with Crippen molar-refractivity contribution in [3.8, 4) is 5.69 Å². The molecule has 4 rings (SSSR count). The topological polar surface area (TPSA) is 84.3 Å². The minimum atomic E-state index is -0.337. The summed E-state index contributed by atoms with van der Waals surface area (Å²) in [5.74, 6) is -0.867. The van der Waals surface area contributed by atoms with E-state index in [0.29, 0.717) is 24.1 Å². The van der Waals surface area contributed by atoms with Crippen molar-refractivity contribution >= 4 is 17.7 Å². The first-order chi connectivity index (χ1) is 14.5. The molecule has 152 valence electrons. The summed E-state index contributed by atoms with van der Waals surface area (Å²) in [4.78, 5) is 38.2. The maximum Gasteiger partial charge on any atom is 0.261 e. The molecule has 0 bridgehead atoms. The number of hydrogen-bond donors (Lipinski definition) is 1. The molecule has 0 saturated carbocycles. The van der Waals surface area contributed by atoms with Gasteiger partial charge in [0, 0.05) is 25.7 Å². The van der Waals surface area contributed by atoms with Crippen LogP contribution in [-0.4, -0.2) is 45.5 Å². The van der Waals surface area contributed by atoms with Crippen molar-refractivity contribution in [3.05, 3.63) is 83.2 Å². The van der Waals surface area contributed by atoms with E-state index in [1.807, 2.05) is 43.5 Å². The summed E-state index contributed by atoms with van der Waals surface area (Å²) in [7, 11) is 0. The summed E-state index contributed by atoms with van der Waals surface area (Å²) >= 11 is 0. The van der Waals surface area contributed by atoms with E-state index >= 15 is 0 Å². The standard InChI is InChI=1S/C23H22N4O3/c1-16-7-8-19-20(13-16)23(30)26(22(19)29)12-10-21(28)24-11-9-17-14-25-27(15-17)18-5-3-2-4-6-18/h2-8,13-15H,9-12H2,1H3,(H,24,28). The first-order valence-corrected chi connectivity index (χ1v) is 9.85. The van der Waals surface area contributed by atoms with Crippen LogP contribution in [0.2, 0.25) is 0 Å². The van der Waals surface area contributed by atoms with Crippen LogP contribution < -0.4 is 5.32 Å². The van der Waals surface area contributed by atoms with Crippen molar-refractivity contribution < 1.29 is 14.4 Å². The minimum absolute atomic E-state index is 0.0726. The van der Waals surface area contributed by atoms with Gasteiger partial charge in [0.25, 0.3) is 11.8 Å². The Morgan fingerprint density at radius 1 is 1.03 bits per heavy atom. The van der Waals surface area contributed by atoms with Crippen LogP contribution in [0, 0.1) is 6.92 Å². The van der Waals surface area contributed by atoms with Crippen molar-refractivity contribution in [2.45, 2.75) is 19.8 Å². The highest BCUT2D eigenvalue weighted by molar-refractivity contribution is 6.21. The zero-order valence-electron chi connectivity index (χ0n) is 16.7. The van der Waals surface area contributed by atoms with Gasteiger partial charge < -0.3 is 5.32 Å². The number of amides is 3. The quantitative estimate of drug-likeness (QED) is 0.616. The Bertz CT molecular complexity index is 1100. The van der Waals surface area contributed by atoms with Gasteiger partial charge in [-0.25, -0.2) is 4.68 Å². The number of para-hydroxylation sites is 1. The zero-order valence-corrected chi connectivity index (χ0v) is 16.7. The number of nitrogens with zero attached hydrogens (tertiary/aromatic N) is 3. The summed E-state index contributed by atoms with van der Waals surface area (Å²) in [5, 5.41) is 7.18. The number of carbonyl (C=O) groups is 3. The first-order valence-electron chi connectivity index (χ1n) is 9.85. The lowest BCUT2D eigenvalue weighted by molar-refractivity contribution is -0.121.